The number of nitrogens with zero attached hydrogens (tertiary/aromatic N) is 3. The maximum atomic E-state index is 13.2. The molecular formula is C21H22FN3O2. The highest BCUT2D eigenvalue weighted by Gasteiger charge is 2.16. The molecule has 5 nitrogen and oxygen atoms in total. The van der Waals surface area contributed by atoms with Crippen molar-refractivity contribution in [2.75, 3.05) is 32.8 Å². The zero-order chi connectivity index (χ0) is 18.6. The second kappa shape index (κ2) is 7.98. The van der Waals surface area contributed by atoms with Crippen LogP contribution in [-0.4, -0.2) is 52.8 Å². The number of benzene rings is 1. The molecule has 0 saturated carbocycles. The molecule has 0 spiro atoms. The summed E-state index contributed by atoms with van der Waals surface area (Å²) in [6.45, 7) is 4.27. The van der Waals surface area contributed by atoms with E-state index in [1.807, 2.05) is 12.1 Å². The molecule has 1 aromatic carbocycles. The lowest BCUT2D eigenvalue weighted by atomic mass is 10.0. The van der Waals surface area contributed by atoms with Gasteiger partial charge in [0.15, 0.2) is 5.75 Å². The Morgan fingerprint density at radius 2 is 1.85 bits per heavy atom. The SMILES string of the molecule is Oc1c(Cc2ccc(F)cc2)nc(CCN2CCOCC2)c2cccnc12. The first-order valence-electron chi connectivity index (χ1n) is 9.21. The van der Waals surface area contributed by atoms with E-state index in [2.05, 4.69) is 9.88 Å². The fraction of sp³-hybridized carbons (Fsp3) is 0.333. The van der Waals surface area contributed by atoms with Crippen LogP contribution in [0.1, 0.15) is 17.0 Å². The second-order valence-electron chi connectivity index (χ2n) is 6.76. The molecule has 2 aromatic heterocycles. The largest absolute Gasteiger partial charge is 0.504 e. The summed E-state index contributed by atoms with van der Waals surface area (Å²) in [6.07, 6.45) is 2.89. The van der Waals surface area contributed by atoms with Crippen LogP contribution in [-0.2, 0) is 17.6 Å². The molecule has 27 heavy (non-hydrogen) atoms. The Bertz CT molecular complexity index is 925. The van der Waals surface area contributed by atoms with Gasteiger partial charge >= 0.3 is 0 Å². The smallest absolute Gasteiger partial charge is 0.163 e. The van der Waals surface area contributed by atoms with Gasteiger partial charge in [0.05, 0.1) is 24.6 Å². The van der Waals surface area contributed by atoms with Gasteiger partial charge in [0.25, 0.3) is 0 Å². The van der Waals surface area contributed by atoms with Crippen molar-refractivity contribution >= 4 is 10.9 Å². The average molecular weight is 367 g/mol. The Kier molecular flexibility index (Phi) is 5.27. The summed E-state index contributed by atoms with van der Waals surface area (Å²) in [5, 5.41) is 11.6. The van der Waals surface area contributed by atoms with Gasteiger partial charge in [0.2, 0.25) is 0 Å². The Labute approximate surface area is 157 Å². The van der Waals surface area contributed by atoms with Gasteiger partial charge in [-0.1, -0.05) is 12.1 Å². The molecule has 1 saturated heterocycles. The normalized spacial score (nSPS) is 15.3. The summed E-state index contributed by atoms with van der Waals surface area (Å²) in [5.74, 6) is -0.174. The number of hydrogen-bond acceptors (Lipinski definition) is 5. The number of rotatable bonds is 5. The molecule has 1 aliphatic heterocycles. The Hall–Kier alpha value is -2.57. The molecular weight excluding hydrogens is 345 g/mol. The van der Waals surface area contributed by atoms with Crippen LogP contribution < -0.4 is 0 Å². The lowest BCUT2D eigenvalue weighted by Crippen LogP contribution is -2.37. The van der Waals surface area contributed by atoms with Crippen molar-refractivity contribution < 1.29 is 14.2 Å². The highest BCUT2D eigenvalue weighted by molar-refractivity contribution is 5.86. The van der Waals surface area contributed by atoms with Crippen molar-refractivity contribution in [2.24, 2.45) is 0 Å². The minimum atomic E-state index is -0.276. The van der Waals surface area contributed by atoms with E-state index < -0.39 is 0 Å². The number of halogens is 1. The van der Waals surface area contributed by atoms with Crippen LogP contribution in [0.5, 0.6) is 5.75 Å². The number of ether oxygens (including phenoxy) is 1. The van der Waals surface area contributed by atoms with Crippen molar-refractivity contribution in [3.63, 3.8) is 0 Å². The molecule has 0 unspecified atom stereocenters. The maximum Gasteiger partial charge on any atom is 0.163 e. The topological polar surface area (TPSA) is 58.5 Å². The Morgan fingerprint density at radius 1 is 1.07 bits per heavy atom. The van der Waals surface area contributed by atoms with E-state index in [1.54, 1.807) is 18.3 Å². The average Bonchev–Trinajstić information content (AvgIpc) is 2.71. The molecule has 1 fully saturated rings. The van der Waals surface area contributed by atoms with Crippen molar-refractivity contribution in [3.8, 4) is 5.75 Å². The molecule has 3 heterocycles. The number of morpholine rings is 1. The lowest BCUT2D eigenvalue weighted by Gasteiger charge is -2.26. The third-order valence-corrected chi connectivity index (χ3v) is 4.94. The summed E-state index contributed by atoms with van der Waals surface area (Å²) in [5.41, 5.74) is 2.97. The summed E-state index contributed by atoms with van der Waals surface area (Å²) in [6, 6.07) is 10.1. The fourth-order valence-electron chi connectivity index (χ4n) is 3.44. The van der Waals surface area contributed by atoms with Gasteiger partial charge in [0.1, 0.15) is 11.3 Å². The summed E-state index contributed by atoms with van der Waals surface area (Å²) < 4.78 is 18.6. The number of pyridine rings is 2. The number of fused-ring (bicyclic) bond motifs is 1. The van der Waals surface area contributed by atoms with Crippen LogP contribution in [0.3, 0.4) is 0 Å². The van der Waals surface area contributed by atoms with Crippen LogP contribution in [0.25, 0.3) is 10.9 Å². The van der Waals surface area contributed by atoms with Crippen molar-refractivity contribution in [3.05, 3.63) is 65.4 Å². The molecule has 0 amide bonds. The molecule has 0 radical (unpaired) electrons. The van der Waals surface area contributed by atoms with Crippen LogP contribution in [0.15, 0.2) is 42.6 Å². The van der Waals surface area contributed by atoms with Gasteiger partial charge < -0.3 is 9.84 Å². The minimum absolute atomic E-state index is 0.102. The Morgan fingerprint density at radius 3 is 2.63 bits per heavy atom. The van der Waals surface area contributed by atoms with Gasteiger partial charge in [-0.05, 0) is 29.8 Å². The highest BCUT2D eigenvalue weighted by Crippen LogP contribution is 2.29. The fourth-order valence-corrected chi connectivity index (χ4v) is 3.44. The maximum absolute atomic E-state index is 13.2. The van der Waals surface area contributed by atoms with Gasteiger partial charge in [-0.2, -0.15) is 0 Å². The van der Waals surface area contributed by atoms with Crippen LogP contribution >= 0.6 is 0 Å². The molecule has 1 aliphatic rings. The van der Waals surface area contributed by atoms with Gasteiger partial charge in [0, 0.05) is 44.1 Å². The van der Waals surface area contributed by atoms with E-state index >= 15 is 0 Å². The van der Waals surface area contributed by atoms with Crippen LogP contribution in [0, 0.1) is 5.82 Å². The predicted molar refractivity (Wildman–Crippen MR) is 101 cm³/mol. The molecule has 0 bridgehead atoms. The zero-order valence-electron chi connectivity index (χ0n) is 15.1. The van der Waals surface area contributed by atoms with E-state index in [0.717, 1.165) is 55.9 Å². The lowest BCUT2D eigenvalue weighted by molar-refractivity contribution is 0.0384. The number of aromatic hydroxyl groups is 1. The second-order valence-corrected chi connectivity index (χ2v) is 6.76. The minimum Gasteiger partial charge on any atom is -0.504 e. The summed E-state index contributed by atoms with van der Waals surface area (Å²) >= 11 is 0. The Balaban J connectivity index is 1.64. The van der Waals surface area contributed by atoms with Gasteiger partial charge in [-0.15, -0.1) is 0 Å². The third-order valence-electron chi connectivity index (χ3n) is 4.94. The first kappa shape index (κ1) is 17.8. The van der Waals surface area contributed by atoms with E-state index in [0.29, 0.717) is 17.6 Å². The summed E-state index contributed by atoms with van der Waals surface area (Å²) in [7, 11) is 0. The summed E-state index contributed by atoms with van der Waals surface area (Å²) in [4.78, 5) is 11.5. The van der Waals surface area contributed by atoms with E-state index in [9.17, 15) is 9.50 Å². The first-order valence-corrected chi connectivity index (χ1v) is 9.21. The molecule has 1 N–H and O–H groups in total. The molecule has 140 valence electrons. The molecule has 3 aromatic rings. The zero-order valence-corrected chi connectivity index (χ0v) is 15.1. The number of hydrogen-bond donors (Lipinski definition) is 1. The third kappa shape index (κ3) is 4.07. The van der Waals surface area contributed by atoms with Crippen molar-refractivity contribution in [2.45, 2.75) is 12.8 Å². The quantitative estimate of drug-likeness (QED) is 0.751. The van der Waals surface area contributed by atoms with Crippen LogP contribution in [0.2, 0.25) is 0 Å². The molecule has 0 aliphatic carbocycles. The van der Waals surface area contributed by atoms with Crippen molar-refractivity contribution in [1.82, 2.24) is 14.9 Å². The standard InChI is InChI=1S/C21H22FN3O2/c22-16-5-3-15(4-6-16)14-19-21(26)20-17(2-1-8-23-20)18(24-19)7-9-25-10-12-27-13-11-25/h1-6,8,26H,7,9-14H2. The monoisotopic (exact) mass is 367 g/mol. The molecule has 0 atom stereocenters. The molecule has 6 heteroatoms. The van der Waals surface area contributed by atoms with E-state index in [1.165, 1.54) is 12.1 Å². The molecule has 4 rings (SSSR count). The highest BCUT2D eigenvalue weighted by atomic mass is 19.1. The van der Waals surface area contributed by atoms with E-state index in [4.69, 9.17) is 9.72 Å². The predicted octanol–water partition coefficient (Wildman–Crippen LogP) is 2.94. The van der Waals surface area contributed by atoms with Crippen molar-refractivity contribution in [1.29, 1.82) is 0 Å². The van der Waals surface area contributed by atoms with Gasteiger partial charge in [-0.3, -0.25) is 14.9 Å². The number of aromatic nitrogens is 2. The first-order chi connectivity index (χ1) is 13.2. The van der Waals surface area contributed by atoms with Gasteiger partial charge in [-0.25, -0.2) is 4.39 Å². The van der Waals surface area contributed by atoms with Crippen LogP contribution in [0.4, 0.5) is 4.39 Å². The van der Waals surface area contributed by atoms with E-state index in [-0.39, 0.29) is 11.6 Å².